The van der Waals surface area contributed by atoms with Gasteiger partial charge in [0.25, 0.3) is 5.91 Å². The van der Waals surface area contributed by atoms with Crippen LogP contribution in [0.1, 0.15) is 40.1 Å². The maximum atomic E-state index is 12.9. The number of nitro benzene ring substituents is 1. The van der Waals surface area contributed by atoms with Crippen LogP contribution in [-0.4, -0.2) is 36.2 Å². The lowest BCUT2D eigenvalue weighted by atomic mass is 10.1. The standard InChI is InChI=1S/C25H22ClN3O7/c1-3-34-21-13-10-17(14-22(21)35-4-2)25(31)36-23-18(6-5-7-20(23)29(32)33)15-27-28-24(30)16-8-11-19(26)12-9-16/h5-15H,3-4H2,1-2H3,(H,28,30)/b27-15+. The van der Waals surface area contributed by atoms with Crippen LogP contribution >= 0.6 is 11.6 Å². The van der Waals surface area contributed by atoms with E-state index >= 15 is 0 Å². The molecule has 1 amide bonds. The van der Waals surface area contributed by atoms with E-state index in [1.54, 1.807) is 25.1 Å². The molecule has 0 heterocycles. The van der Waals surface area contributed by atoms with Gasteiger partial charge in [-0.15, -0.1) is 0 Å². The van der Waals surface area contributed by atoms with Crippen LogP contribution in [0, 0.1) is 10.1 Å². The highest BCUT2D eigenvalue weighted by molar-refractivity contribution is 6.30. The summed E-state index contributed by atoms with van der Waals surface area (Å²) in [4.78, 5) is 36.1. The smallest absolute Gasteiger partial charge is 0.343 e. The minimum Gasteiger partial charge on any atom is -0.490 e. The lowest BCUT2D eigenvalue weighted by Gasteiger charge is -2.12. The van der Waals surface area contributed by atoms with E-state index in [-0.39, 0.29) is 16.9 Å². The van der Waals surface area contributed by atoms with Crippen LogP contribution in [0.2, 0.25) is 5.02 Å². The van der Waals surface area contributed by atoms with Crippen molar-refractivity contribution < 1.29 is 28.7 Å². The molecule has 0 aliphatic heterocycles. The van der Waals surface area contributed by atoms with Gasteiger partial charge in [0.1, 0.15) is 0 Å². The van der Waals surface area contributed by atoms with Gasteiger partial charge in [-0.25, -0.2) is 10.2 Å². The van der Waals surface area contributed by atoms with Crippen molar-refractivity contribution in [1.82, 2.24) is 5.43 Å². The summed E-state index contributed by atoms with van der Waals surface area (Å²) < 4.78 is 16.4. The maximum absolute atomic E-state index is 12.9. The van der Waals surface area contributed by atoms with E-state index in [1.165, 1.54) is 42.5 Å². The third-order valence-electron chi connectivity index (χ3n) is 4.67. The molecule has 0 unspecified atom stereocenters. The number of hydrazone groups is 1. The Morgan fingerprint density at radius 1 is 1.00 bits per heavy atom. The Morgan fingerprint density at radius 3 is 2.33 bits per heavy atom. The second-order valence-corrected chi connectivity index (χ2v) is 7.51. The summed E-state index contributed by atoms with van der Waals surface area (Å²) in [6, 6.07) is 14.6. The van der Waals surface area contributed by atoms with Crippen molar-refractivity contribution in [2.45, 2.75) is 13.8 Å². The third kappa shape index (κ3) is 6.57. The number of halogens is 1. The van der Waals surface area contributed by atoms with Crippen LogP contribution in [0.4, 0.5) is 5.69 Å². The molecule has 0 aromatic heterocycles. The zero-order chi connectivity index (χ0) is 26.1. The number of amides is 1. The number of para-hydroxylation sites is 1. The van der Waals surface area contributed by atoms with Crippen LogP contribution in [0.15, 0.2) is 65.8 Å². The summed E-state index contributed by atoms with van der Waals surface area (Å²) in [7, 11) is 0. The van der Waals surface area contributed by atoms with Crippen LogP contribution in [0.25, 0.3) is 0 Å². The normalized spacial score (nSPS) is 10.6. The Balaban J connectivity index is 1.86. The molecule has 0 saturated carbocycles. The van der Waals surface area contributed by atoms with Gasteiger partial charge in [0.05, 0.1) is 29.9 Å². The first kappa shape index (κ1) is 26.2. The fraction of sp³-hybridized carbons (Fsp3) is 0.160. The monoisotopic (exact) mass is 511 g/mol. The van der Waals surface area contributed by atoms with Crippen molar-refractivity contribution in [3.05, 3.63) is 92.5 Å². The number of nitro groups is 1. The van der Waals surface area contributed by atoms with E-state index in [0.29, 0.717) is 35.3 Å². The second-order valence-electron chi connectivity index (χ2n) is 7.08. The highest BCUT2D eigenvalue weighted by Gasteiger charge is 2.23. The maximum Gasteiger partial charge on any atom is 0.343 e. The largest absolute Gasteiger partial charge is 0.490 e. The molecule has 0 radical (unpaired) electrons. The van der Waals surface area contributed by atoms with Gasteiger partial charge in [-0.2, -0.15) is 5.10 Å². The molecular weight excluding hydrogens is 490 g/mol. The number of benzene rings is 3. The summed E-state index contributed by atoms with van der Waals surface area (Å²) in [5.41, 5.74) is 2.37. The number of hydrogen-bond donors (Lipinski definition) is 1. The van der Waals surface area contributed by atoms with Crippen LogP contribution < -0.4 is 19.6 Å². The number of ether oxygens (including phenoxy) is 3. The van der Waals surface area contributed by atoms with Crippen molar-refractivity contribution in [2.24, 2.45) is 5.10 Å². The molecule has 0 atom stereocenters. The Bertz CT molecular complexity index is 1290. The van der Waals surface area contributed by atoms with Gasteiger partial charge in [-0.1, -0.05) is 17.7 Å². The van der Waals surface area contributed by atoms with Gasteiger partial charge in [-0.05, 0) is 62.4 Å². The number of esters is 1. The lowest BCUT2D eigenvalue weighted by Crippen LogP contribution is -2.17. The van der Waals surface area contributed by atoms with E-state index < -0.39 is 22.5 Å². The molecular formula is C25H22ClN3O7. The fourth-order valence-corrected chi connectivity index (χ4v) is 3.18. The zero-order valence-corrected chi connectivity index (χ0v) is 20.2. The molecule has 3 aromatic rings. The van der Waals surface area contributed by atoms with Crippen molar-refractivity contribution >= 4 is 35.4 Å². The highest BCUT2D eigenvalue weighted by atomic mass is 35.5. The minimum atomic E-state index is -0.854. The molecule has 11 heteroatoms. The molecule has 0 fully saturated rings. The number of nitrogens with one attached hydrogen (secondary N) is 1. The quantitative estimate of drug-likeness (QED) is 0.133. The first-order valence-electron chi connectivity index (χ1n) is 10.8. The topological polar surface area (TPSA) is 129 Å². The minimum absolute atomic E-state index is 0.0963. The third-order valence-corrected chi connectivity index (χ3v) is 4.92. The average Bonchev–Trinajstić information content (AvgIpc) is 2.86. The van der Waals surface area contributed by atoms with Crippen molar-refractivity contribution in [1.29, 1.82) is 0 Å². The molecule has 0 saturated heterocycles. The fourth-order valence-electron chi connectivity index (χ4n) is 3.05. The summed E-state index contributed by atoms with van der Waals surface area (Å²) in [6.45, 7) is 4.33. The molecule has 36 heavy (non-hydrogen) atoms. The molecule has 0 spiro atoms. The van der Waals surface area contributed by atoms with Gasteiger partial charge < -0.3 is 14.2 Å². The van der Waals surface area contributed by atoms with Crippen molar-refractivity contribution in [3.63, 3.8) is 0 Å². The van der Waals surface area contributed by atoms with Gasteiger partial charge >= 0.3 is 11.7 Å². The van der Waals surface area contributed by atoms with Crippen molar-refractivity contribution in [3.8, 4) is 17.2 Å². The number of hydrogen-bond acceptors (Lipinski definition) is 8. The zero-order valence-electron chi connectivity index (χ0n) is 19.4. The Labute approximate surface area is 211 Å². The molecule has 3 rings (SSSR count). The van der Waals surface area contributed by atoms with E-state index in [1.807, 2.05) is 6.92 Å². The van der Waals surface area contributed by atoms with E-state index in [4.69, 9.17) is 25.8 Å². The first-order valence-corrected chi connectivity index (χ1v) is 11.2. The number of carbonyl (C=O) groups is 2. The average molecular weight is 512 g/mol. The van der Waals surface area contributed by atoms with E-state index in [9.17, 15) is 19.7 Å². The van der Waals surface area contributed by atoms with Gasteiger partial charge in [-0.3, -0.25) is 14.9 Å². The molecule has 3 aromatic carbocycles. The second kappa shape index (κ2) is 12.3. The molecule has 10 nitrogen and oxygen atoms in total. The molecule has 0 bridgehead atoms. The first-order chi connectivity index (χ1) is 17.3. The number of carbonyl (C=O) groups excluding carboxylic acids is 2. The summed E-state index contributed by atoms with van der Waals surface area (Å²) >= 11 is 5.82. The van der Waals surface area contributed by atoms with Crippen LogP contribution in [0.5, 0.6) is 17.2 Å². The number of rotatable bonds is 10. The SMILES string of the molecule is CCOc1ccc(C(=O)Oc2c(/C=N/NC(=O)c3ccc(Cl)cc3)cccc2[N+](=O)[O-])cc1OCC. The Kier molecular flexibility index (Phi) is 8.95. The molecule has 1 N–H and O–H groups in total. The predicted octanol–water partition coefficient (Wildman–Crippen LogP) is 5.03. The number of nitrogens with zero attached hydrogens (tertiary/aromatic N) is 2. The van der Waals surface area contributed by atoms with Crippen LogP contribution in [0.3, 0.4) is 0 Å². The molecule has 0 aliphatic carbocycles. The lowest BCUT2D eigenvalue weighted by molar-refractivity contribution is -0.385. The van der Waals surface area contributed by atoms with Crippen LogP contribution in [-0.2, 0) is 0 Å². The summed E-state index contributed by atoms with van der Waals surface area (Å²) in [6.07, 6.45) is 1.15. The summed E-state index contributed by atoms with van der Waals surface area (Å²) in [5.74, 6) is -0.921. The van der Waals surface area contributed by atoms with Gasteiger partial charge in [0.15, 0.2) is 11.5 Å². The van der Waals surface area contributed by atoms with Gasteiger partial charge in [0, 0.05) is 22.2 Å². The van der Waals surface area contributed by atoms with Crippen molar-refractivity contribution in [2.75, 3.05) is 13.2 Å². The Hall–Kier alpha value is -4.44. The van der Waals surface area contributed by atoms with Gasteiger partial charge in [0.2, 0.25) is 5.75 Å². The highest BCUT2D eigenvalue weighted by Crippen LogP contribution is 2.32. The Morgan fingerprint density at radius 2 is 1.67 bits per heavy atom. The molecule has 186 valence electrons. The predicted molar refractivity (Wildman–Crippen MR) is 133 cm³/mol. The summed E-state index contributed by atoms with van der Waals surface area (Å²) in [5, 5.41) is 15.9. The molecule has 0 aliphatic rings. The van der Waals surface area contributed by atoms with E-state index in [2.05, 4.69) is 10.5 Å². The van der Waals surface area contributed by atoms with E-state index in [0.717, 1.165) is 6.21 Å².